The second kappa shape index (κ2) is 10.3. The van der Waals surface area contributed by atoms with Crippen LogP contribution in [0.15, 0.2) is 53.0 Å². The Morgan fingerprint density at radius 2 is 1.85 bits per heavy atom. The summed E-state index contributed by atoms with van der Waals surface area (Å²) >= 11 is 3.41. The van der Waals surface area contributed by atoms with E-state index in [0.717, 1.165) is 35.4 Å². The summed E-state index contributed by atoms with van der Waals surface area (Å²) in [6, 6.07) is 15.4. The third-order valence-electron chi connectivity index (χ3n) is 4.21. The predicted octanol–water partition coefficient (Wildman–Crippen LogP) is 4.49. The maximum atomic E-state index is 12.5. The zero-order chi connectivity index (χ0) is 18.9. The first-order valence-electron chi connectivity index (χ1n) is 9.02. The van der Waals surface area contributed by atoms with Crippen molar-refractivity contribution in [2.45, 2.75) is 33.4 Å². The van der Waals surface area contributed by atoms with Crippen LogP contribution in [0.2, 0.25) is 0 Å². The van der Waals surface area contributed by atoms with E-state index >= 15 is 0 Å². The number of carbonyl (C=O) groups excluding carboxylic acids is 1. The third kappa shape index (κ3) is 6.46. The molecule has 0 radical (unpaired) electrons. The van der Waals surface area contributed by atoms with E-state index in [1.807, 2.05) is 55.5 Å². The van der Waals surface area contributed by atoms with Gasteiger partial charge in [0.1, 0.15) is 12.4 Å². The van der Waals surface area contributed by atoms with Gasteiger partial charge in [0, 0.05) is 22.6 Å². The molecule has 0 saturated carbocycles. The second-order valence-corrected chi connectivity index (χ2v) is 7.22. The molecule has 0 saturated heterocycles. The van der Waals surface area contributed by atoms with Crippen molar-refractivity contribution in [3.8, 4) is 5.75 Å². The quantitative estimate of drug-likeness (QED) is 0.651. The largest absolute Gasteiger partial charge is 0.489 e. The van der Waals surface area contributed by atoms with Crippen LogP contribution in [0.25, 0.3) is 0 Å². The number of benzene rings is 2. The zero-order valence-corrected chi connectivity index (χ0v) is 17.3. The van der Waals surface area contributed by atoms with Crippen molar-refractivity contribution in [3.63, 3.8) is 0 Å². The molecule has 1 amide bonds. The van der Waals surface area contributed by atoms with Gasteiger partial charge in [0.25, 0.3) is 5.91 Å². The highest BCUT2D eigenvalue weighted by atomic mass is 79.9. The van der Waals surface area contributed by atoms with Gasteiger partial charge in [-0.2, -0.15) is 0 Å². The van der Waals surface area contributed by atoms with Crippen molar-refractivity contribution >= 4 is 21.8 Å². The van der Waals surface area contributed by atoms with Crippen molar-refractivity contribution in [2.75, 3.05) is 19.6 Å². The molecular formula is C21H27BrN2O2. The van der Waals surface area contributed by atoms with Gasteiger partial charge in [-0.3, -0.25) is 4.79 Å². The first kappa shape index (κ1) is 20.5. The standard InChI is InChI=1S/C21H27BrN2O2/c1-4-24(5-2)14-16(3)23-21(25)18-8-6-7-17(13-18)15-26-20-11-9-19(22)10-12-20/h6-13,16H,4-5,14-15H2,1-3H3,(H,23,25)/t16-/m0/s1. The molecule has 5 heteroatoms. The smallest absolute Gasteiger partial charge is 0.251 e. The minimum atomic E-state index is -0.0462. The van der Waals surface area contributed by atoms with E-state index in [9.17, 15) is 4.79 Å². The van der Waals surface area contributed by atoms with E-state index in [2.05, 4.69) is 40.0 Å². The molecule has 2 rings (SSSR count). The summed E-state index contributed by atoms with van der Waals surface area (Å²) in [4.78, 5) is 14.8. The summed E-state index contributed by atoms with van der Waals surface area (Å²) < 4.78 is 6.80. The van der Waals surface area contributed by atoms with Crippen molar-refractivity contribution in [1.82, 2.24) is 10.2 Å². The minimum Gasteiger partial charge on any atom is -0.489 e. The van der Waals surface area contributed by atoms with Gasteiger partial charge in [-0.25, -0.2) is 0 Å². The van der Waals surface area contributed by atoms with Crippen molar-refractivity contribution in [1.29, 1.82) is 0 Å². The van der Waals surface area contributed by atoms with Crippen molar-refractivity contribution in [2.24, 2.45) is 0 Å². The number of carbonyl (C=O) groups is 1. The molecule has 0 aliphatic carbocycles. The molecule has 1 atom stereocenters. The Hall–Kier alpha value is -1.85. The summed E-state index contributed by atoms with van der Waals surface area (Å²) in [7, 11) is 0. The lowest BCUT2D eigenvalue weighted by molar-refractivity contribution is 0.0930. The summed E-state index contributed by atoms with van der Waals surface area (Å²) in [5, 5.41) is 3.08. The Balaban J connectivity index is 1.92. The molecule has 0 unspecified atom stereocenters. The van der Waals surface area contributed by atoms with Crippen molar-refractivity contribution < 1.29 is 9.53 Å². The van der Waals surface area contributed by atoms with Gasteiger partial charge in [-0.1, -0.05) is 41.9 Å². The van der Waals surface area contributed by atoms with Crippen LogP contribution in [0, 0.1) is 0 Å². The zero-order valence-electron chi connectivity index (χ0n) is 15.7. The average molecular weight is 419 g/mol. The number of nitrogens with one attached hydrogen (secondary N) is 1. The van der Waals surface area contributed by atoms with E-state index in [0.29, 0.717) is 12.2 Å². The number of halogens is 1. The molecule has 140 valence electrons. The molecule has 1 N–H and O–H groups in total. The highest BCUT2D eigenvalue weighted by Gasteiger charge is 2.12. The Kier molecular flexibility index (Phi) is 8.13. The minimum absolute atomic E-state index is 0.0462. The first-order valence-corrected chi connectivity index (χ1v) is 9.81. The van der Waals surface area contributed by atoms with E-state index in [1.165, 1.54) is 0 Å². The first-order chi connectivity index (χ1) is 12.5. The fraction of sp³-hybridized carbons (Fsp3) is 0.381. The lowest BCUT2D eigenvalue weighted by atomic mass is 10.1. The molecule has 0 bridgehead atoms. The monoisotopic (exact) mass is 418 g/mol. The Bertz CT molecular complexity index is 699. The van der Waals surface area contributed by atoms with Crippen LogP contribution in [0.4, 0.5) is 0 Å². The second-order valence-electron chi connectivity index (χ2n) is 6.30. The molecule has 2 aromatic carbocycles. The fourth-order valence-electron chi connectivity index (χ4n) is 2.72. The SMILES string of the molecule is CCN(CC)C[C@H](C)NC(=O)c1cccc(COc2ccc(Br)cc2)c1. The van der Waals surface area contributed by atoms with Crippen LogP contribution in [0.1, 0.15) is 36.7 Å². The van der Waals surface area contributed by atoms with Gasteiger partial charge in [-0.15, -0.1) is 0 Å². The maximum absolute atomic E-state index is 12.5. The summed E-state index contributed by atoms with van der Waals surface area (Å²) in [6.07, 6.45) is 0. The number of nitrogens with zero attached hydrogens (tertiary/aromatic N) is 1. The van der Waals surface area contributed by atoms with E-state index in [-0.39, 0.29) is 11.9 Å². The highest BCUT2D eigenvalue weighted by Crippen LogP contribution is 2.17. The molecular weight excluding hydrogens is 392 g/mol. The molecule has 0 heterocycles. The van der Waals surface area contributed by atoms with E-state index in [1.54, 1.807) is 0 Å². The average Bonchev–Trinajstić information content (AvgIpc) is 2.65. The van der Waals surface area contributed by atoms with Crippen LogP contribution in [-0.2, 0) is 6.61 Å². The van der Waals surface area contributed by atoms with E-state index < -0.39 is 0 Å². The topological polar surface area (TPSA) is 41.6 Å². The van der Waals surface area contributed by atoms with E-state index in [4.69, 9.17) is 4.74 Å². The molecule has 0 spiro atoms. The molecule has 0 aliphatic heterocycles. The Morgan fingerprint density at radius 1 is 1.15 bits per heavy atom. The molecule has 4 nitrogen and oxygen atoms in total. The molecule has 2 aromatic rings. The number of hydrogen-bond donors (Lipinski definition) is 1. The van der Waals surface area contributed by atoms with Gasteiger partial charge >= 0.3 is 0 Å². The summed E-state index contributed by atoms with van der Waals surface area (Å²) in [5.41, 5.74) is 1.63. The van der Waals surface area contributed by atoms with Gasteiger partial charge in [-0.05, 0) is 62.0 Å². The number of ether oxygens (including phenoxy) is 1. The number of hydrogen-bond acceptors (Lipinski definition) is 3. The van der Waals surface area contributed by atoms with Gasteiger partial charge < -0.3 is 15.0 Å². The molecule has 26 heavy (non-hydrogen) atoms. The third-order valence-corrected chi connectivity index (χ3v) is 4.74. The normalized spacial score (nSPS) is 12.0. The molecule has 0 aliphatic rings. The van der Waals surface area contributed by atoms with Gasteiger partial charge in [0.15, 0.2) is 0 Å². The lowest BCUT2D eigenvalue weighted by Crippen LogP contribution is -2.41. The fourth-order valence-corrected chi connectivity index (χ4v) is 2.99. The van der Waals surface area contributed by atoms with Crippen LogP contribution >= 0.6 is 15.9 Å². The Morgan fingerprint density at radius 3 is 2.50 bits per heavy atom. The van der Waals surface area contributed by atoms with Crippen molar-refractivity contribution in [3.05, 3.63) is 64.1 Å². The molecule has 0 fully saturated rings. The van der Waals surface area contributed by atoms with Crippen LogP contribution in [-0.4, -0.2) is 36.5 Å². The number of likely N-dealkylation sites (N-methyl/N-ethyl adjacent to an activating group) is 1. The van der Waals surface area contributed by atoms with Crippen LogP contribution < -0.4 is 10.1 Å². The predicted molar refractivity (Wildman–Crippen MR) is 110 cm³/mol. The van der Waals surface area contributed by atoms with Crippen LogP contribution in [0.5, 0.6) is 5.75 Å². The lowest BCUT2D eigenvalue weighted by Gasteiger charge is -2.23. The number of amides is 1. The number of rotatable bonds is 9. The molecule has 0 aromatic heterocycles. The summed E-state index contributed by atoms with van der Waals surface area (Å²) in [5.74, 6) is 0.756. The van der Waals surface area contributed by atoms with Gasteiger partial charge in [0.2, 0.25) is 0 Å². The highest BCUT2D eigenvalue weighted by molar-refractivity contribution is 9.10. The van der Waals surface area contributed by atoms with Crippen LogP contribution in [0.3, 0.4) is 0 Å². The Labute approximate surface area is 164 Å². The maximum Gasteiger partial charge on any atom is 0.251 e. The van der Waals surface area contributed by atoms with Gasteiger partial charge in [0.05, 0.1) is 0 Å². The summed E-state index contributed by atoms with van der Waals surface area (Å²) in [6.45, 7) is 9.55.